The van der Waals surface area contributed by atoms with Gasteiger partial charge in [-0.2, -0.15) is 0 Å². The number of nitrogens with zero attached hydrogens (tertiary/aromatic N) is 3. The van der Waals surface area contributed by atoms with Gasteiger partial charge in [-0.25, -0.2) is 9.97 Å². The van der Waals surface area contributed by atoms with Crippen molar-refractivity contribution in [1.29, 1.82) is 0 Å². The number of aromatic nitrogens is 2. The molecule has 1 aromatic heterocycles. The molecule has 6 heteroatoms. The molecule has 2 heterocycles. The van der Waals surface area contributed by atoms with Gasteiger partial charge in [-0.05, 0) is 47.8 Å². The summed E-state index contributed by atoms with van der Waals surface area (Å²) in [7, 11) is 0. The van der Waals surface area contributed by atoms with Gasteiger partial charge in [-0.3, -0.25) is 4.79 Å². The molecule has 1 saturated heterocycles. The molecule has 126 valence electrons. The van der Waals surface area contributed by atoms with Crippen molar-refractivity contribution in [1.82, 2.24) is 14.9 Å². The van der Waals surface area contributed by atoms with Crippen molar-refractivity contribution >= 4 is 33.3 Å². The van der Waals surface area contributed by atoms with Crippen LogP contribution in [0.1, 0.15) is 42.0 Å². The maximum Gasteiger partial charge on any atom is 0.272 e. The van der Waals surface area contributed by atoms with E-state index in [2.05, 4.69) is 31.2 Å². The number of likely N-dealkylation sites (tertiary alicyclic amines) is 1. The Morgan fingerprint density at radius 2 is 1.83 bits per heavy atom. The van der Waals surface area contributed by atoms with E-state index in [0.29, 0.717) is 17.3 Å². The van der Waals surface area contributed by atoms with Gasteiger partial charge in [0.25, 0.3) is 5.91 Å². The lowest BCUT2D eigenvalue weighted by Crippen LogP contribution is -2.32. The molecule has 5 nitrogen and oxygen atoms in total. The van der Waals surface area contributed by atoms with Crippen LogP contribution in [0, 0.1) is 6.92 Å². The van der Waals surface area contributed by atoms with E-state index < -0.39 is 0 Å². The number of carbonyl (C=O) groups is 1. The minimum atomic E-state index is -0.00224. The normalized spacial score (nSPS) is 15.0. The fraction of sp³-hybridized carbons (Fsp3) is 0.389. The molecule has 0 saturated carbocycles. The van der Waals surface area contributed by atoms with Crippen molar-refractivity contribution in [3.63, 3.8) is 0 Å². The average Bonchev–Trinajstić information content (AvgIpc) is 2.85. The lowest BCUT2D eigenvalue weighted by atomic mass is 10.2. The van der Waals surface area contributed by atoms with Crippen LogP contribution in [0.4, 0.5) is 11.5 Å². The minimum Gasteiger partial charge on any atom is -0.339 e. The Morgan fingerprint density at radius 1 is 1.12 bits per heavy atom. The van der Waals surface area contributed by atoms with Gasteiger partial charge in [0.2, 0.25) is 0 Å². The minimum absolute atomic E-state index is 0.00224. The number of benzene rings is 1. The largest absolute Gasteiger partial charge is 0.339 e. The molecule has 2 aromatic rings. The Balaban J connectivity index is 1.83. The number of nitrogens with one attached hydrogen (secondary N) is 1. The van der Waals surface area contributed by atoms with Crippen LogP contribution in [0.15, 0.2) is 34.8 Å². The highest BCUT2D eigenvalue weighted by Gasteiger charge is 2.19. The molecule has 0 radical (unpaired) electrons. The maximum absolute atomic E-state index is 12.8. The third-order valence-corrected chi connectivity index (χ3v) is 4.78. The fourth-order valence-corrected chi connectivity index (χ4v) is 3.26. The molecule has 0 atom stereocenters. The topological polar surface area (TPSA) is 58.1 Å². The summed E-state index contributed by atoms with van der Waals surface area (Å²) in [5, 5.41) is 3.25. The molecule has 0 bridgehead atoms. The first-order valence-corrected chi connectivity index (χ1v) is 9.09. The maximum atomic E-state index is 12.8. The third kappa shape index (κ3) is 4.12. The number of amides is 1. The van der Waals surface area contributed by atoms with E-state index >= 15 is 0 Å². The van der Waals surface area contributed by atoms with Gasteiger partial charge in [-0.15, -0.1) is 0 Å². The van der Waals surface area contributed by atoms with E-state index in [9.17, 15) is 4.79 Å². The quantitative estimate of drug-likeness (QED) is 0.850. The number of hydrogen-bond acceptors (Lipinski definition) is 4. The Morgan fingerprint density at radius 3 is 2.54 bits per heavy atom. The van der Waals surface area contributed by atoms with Crippen molar-refractivity contribution in [2.24, 2.45) is 0 Å². The molecule has 1 N–H and O–H groups in total. The average molecular weight is 389 g/mol. The van der Waals surface area contributed by atoms with Crippen molar-refractivity contribution in [2.45, 2.75) is 32.6 Å². The van der Waals surface area contributed by atoms with Crippen molar-refractivity contribution in [3.8, 4) is 0 Å². The molecular weight excluding hydrogens is 368 g/mol. The summed E-state index contributed by atoms with van der Waals surface area (Å²) >= 11 is 3.51. The summed E-state index contributed by atoms with van der Waals surface area (Å²) in [6.07, 6.45) is 4.53. The molecule has 1 fully saturated rings. The Kier molecular flexibility index (Phi) is 5.45. The highest BCUT2D eigenvalue weighted by Crippen LogP contribution is 2.25. The second kappa shape index (κ2) is 7.75. The summed E-state index contributed by atoms with van der Waals surface area (Å²) in [4.78, 5) is 23.4. The van der Waals surface area contributed by atoms with Crippen LogP contribution >= 0.6 is 15.9 Å². The van der Waals surface area contributed by atoms with E-state index in [1.54, 1.807) is 6.07 Å². The number of aryl methyl sites for hydroxylation is 1. The van der Waals surface area contributed by atoms with Gasteiger partial charge < -0.3 is 10.2 Å². The molecule has 0 spiro atoms. The first-order chi connectivity index (χ1) is 11.6. The second-order valence-corrected chi connectivity index (χ2v) is 6.85. The monoisotopic (exact) mass is 388 g/mol. The number of halogens is 1. The molecule has 24 heavy (non-hydrogen) atoms. The SMILES string of the molecule is Cc1nc(Nc2ccccc2Br)cc(C(=O)N2CCCCCC2)n1. The molecule has 0 unspecified atom stereocenters. The first kappa shape index (κ1) is 16.9. The summed E-state index contributed by atoms with van der Waals surface area (Å²) in [5.41, 5.74) is 1.36. The summed E-state index contributed by atoms with van der Waals surface area (Å²) < 4.78 is 0.946. The van der Waals surface area contributed by atoms with Crippen LogP contribution in [0.25, 0.3) is 0 Å². The van der Waals surface area contributed by atoms with Crippen molar-refractivity contribution < 1.29 is 4.79 Å². The number of hydrogen-bond donors (Lipinski definition) is 1. The summed E-state index contributed by atoms with van der Waals surface area (Å²) in [6.45, 7) is 3.44. The van der Waals surface area contributed by atoms with Crippen LogP contribution in [-0.2, 0) is 0 Å². The van der Waals surface area contributed by atoms with Gasteiger partial charge in [0, 0.05) is 23.6 Å². The highest BCUT2D eigenvalue weighted by molar-refractivity contribution is 9.10. The van der Waals surface area contributed by atoms with Gasteiger partial charge in [0.05, 0.1) is 5.69 Å². The van der Waals surface area contributed by atoms with E-state index in [-0.39, 0.29) is 5.91 Å². The lowest BCUT2D eigenvalue weighted by Gasteiger charge is -2.20. The van der Waals surface area contributed by atoms with Crippen LogP contribution < -0.4 is 5.32 Å². The zero-order chi connectivity index (χ0) is 16.9. The Hall–Kier alpha value is -1.95. The van der Waals surface area contributed by atoms with Crippen LogP contribution in [0.2, 0.25) is 0 Å². The number of anilines is 2. The zero-order valence-corrected chi connectivity index (χ0v) is 15.3. The predicted octanol–water partition coefficient (Wildman–Crippen LogP) is 4.31. The lowest BCUT2D eigenvalue weighted by molar-refractivity contribution is 0.0755. The molecule has 1 aromatic carbocycles. The Bertz CT molecular complexity index is 727. The van der Waals surface area contributed by atoms with Crippen molar-refractivity contribution in [3.05, 3.63) is 46.3 Å². The van der Waals surface area contributed by atoms with E-state index in [1.807, 2.05) is 36.1 Å². The number of para-hydroxylation sites is 1. The predicted molar refractivity (Wildman–Crippen MR) is 98.6 cm³/mol. The molecule has 3 rings (SSSR count). The number of carbonyl (C=O) groups excluding carboxylic acids is 1. The molecule has 1 aliphatic rings. The second-order valence-electron chi connectivity index (χ2n) is 6.00. The van der Waals surface area contributed by atoms with Crippen LogP contribution in [0.5, 0.6) is 0 Å². The summed E-state index contributed by atoms with van der Waals surface area (Å²) in [5.74, 6) is 1.22. The number of rotatable bonds is 3. The fourth-order valence-electron chi connectivity index (χ4n) is 2.88. The van der Waals surface area contributed by atoms with E-state index in [1.165, 1.54) is 12.8 Å². The van der Waals surface area contributed by atoms with E-state index in [4.69, 9.17) is 0 Å². The van der Waals surface area contributed by atoms with Crippen LogP contribution in [-0.4, -0.2) is 33.9 Å². The summed E-state index contributed by atoms with van der Waals surface area (Å²) in [6, 6.07) is 9.55. The van der Waals surface area contributed by atoms with Gasteiger partial charge >= 0.3 is 0 Å². The zero-order valence-electron chi connectivity index (χ0n) is 13.8. The molecule has 0 aliphatic carbocycles. The standard InChI is InChI=1S/C18H21BrN4O/c1-13-20-16(18(24)23-10-6-2-3-7-11-23)12-17(21-13)22-15-9-5-4-8-14(15)19/h4-5,8-9,12H,2-3,6-7,10-11H2,1H3,(H,20,21,22). The third-order valence-electron chi connectivity index (χ3n) is 4.09. The molecule has 1 amide bonds. The van der Waals surface area contributed by atoms with Crippen LogP contribution in [0.3, 0.4) is 0 Å². The van der Waals surface area contributed by atoms with Crippen molar-refractivity contribution in [2.75, 3.05) is 18.4 Å². The van der Waals surface area contributed by atoms with Gasteiger partial charge in [-0.1, -0.05) is 25.0 Å². The Labute approximate surface area is 150 Å². The molecular formula is C18H21BrN4O. The smallest absolute Gasteiger partial charge is 0.272 e. The van der Waals surface area contributed by atoms with Gasteiger partial charge in [0.1, 0.15) is 17.3 Å². The molecule has 1 aliphatic heterocycles. The van der Waals surface area contributed by atoms with Gasteiger partial charge in [0.15, 0.2) is 0 Å². The first-order valence-electron chi connectivity index (χ1n) is 8.30. The highest BCUT2D eigenvalue weighted by atomic mass is 79.9. The van der Waals surface area contributed by atoms with E-state index in [0.717, 1.165) is 36.1 Å².